The van der Waals surface area contributed by atoms with E-state index in [1.165, 1.54) is 12.1 Å². The maximum atomic E-state index is 12.4. The molecule has 2 rings (SSSR count). The number of benzene rings is 1. The summed E-state index contributed by atoms with van der Waals surface area (Å²) >= 11 is 0. The summed E-state index contributed by atoms with van der Waals surface area (Å²) in [6.45, 7) is 9.17. The highest BCUT2D eigenvalue weighted by atomic mass is 16.2. The molecule has 0 fully saturated rings. The fraction of sp³-hybridized carbons (Fsp3) is 0.286. The molecular weight excluding hydrogens is 340 g/mol. The number of carbonyl (C=O) groups is 2. The number of carbonyl (C=O) groups excluding carboxylic acids is 2. The van der Waals surface area contributed by atoms with Gasteiger partial charge in [0.15, 0.2) is 0 Å². The van der Waals surface area contributed by atoms with Crippen LogP contribution in [-0.2, 0) is 11.3 Å². The van der Waals surface area contributed by atoms with Gasteiger partial charge in [-0.05, 0) is 61.7 Å². The molecule has 0 aliphatic heterocycles. The second-order valence-electron chi connectivity index (χ2n) is 6.90. The highest BCUT2D eigenvalue weighted by Crippen LogP contribution is 2.20. The molecule has 0 saturated carbocycles. The number of primary amides is 1. The summed E-state index contributed by atoms with van der Waals surface area (Å²) in [5.74, 6) is -0.547. The summed E-state index contributed by atoms with van der Waals surface area (Å²) in [6, 6.07) is 10.1. The monoisotopic (exact) mass is 364 g/mol. The standard InChI is InChI=1S/C21H24N4O2/c1-13(2)12-25-14(3)9-17(15(25)4)10-18(11-22)21(27)24-19-7-5-16(6-8-19)20(23)26/h5-10,13H,12H2,1-4H3,(H2,23,26)(H,24,27)/b18-10+. The van der Waals surface area contributed by atoms with Gasteiger partial charge in [-0.25, -0.2) is 0 Å². The van der Waals surface area contributed by atoms with Crippen LogP contribution in [0.4, 0.5) is 5.69 Å². The van der Waals surface area contributed by atoms with Crippen molar-refractivity contribution in [1.82, 2.24) is 4.57 Å². The van der Waals surface area contributed by atoms with E-state index in [9.17, 15) is 14.9 Å². The van der Waals surface area contributed by atoms with Crippen LogP contribution in [0.2, 0.25) is 0 Å². The van der Waals surface area contributed by atoms with Crippen molar-refractivity contribution in [1.29, 1.82) is 5.26 Å². The number of anilines is 1. The first-order chi connectivity index (χ1) is 12.7. The summed E-state index contributed by atoms with van der Waals surface area (Å²) in [5, 5.41) is 12.1. The second kappa shape index (κ2) is 8.37. The molecule has 0 aliphatic carbocycles. The number of hydrogen-bond acceptors (Lipinski definition) is 3. The number of aromatic nitrogens is 1. The summed E-state index contributed by atoms with van der Waals surface area (Å²) < 4.78 is 2.19. The Labute approximate surface area is 159 Å². The quantitative estimate of drug-likeness (QED) is 0.606. The van der Waals surface area contributed by atoms with Crippen molar-refractivity contribution in [2.45, 2.75) is 34.2 Å². The Morgan fingerprint density at radius 3 is 2.41 bits per heavy atom. The predicted octanol–water partition coefficient (Wildman–Crippen LogP) is 3.41. The van der Waals surface area contributed by atoms with Crippen LogP contribution in [0, 0.1) is 31.1 Å². The molecule has 0 radical (unpaired) electrons. The Morgan fingerprint density at radius 2 is 1.89 bits per heavy atom. The maximum Gasteiger partial charge on any atom is 0.266 e. The topological polar surface area (TPSA) is 101 Å². The van der Waals surface area contributed by atoms with Gasteiger partial charge in [-0.2, -0.15) is 5.26 Å². The molecule has 6 heteroatoms. The van der Waals surface area contributed by atoms with Crippen LogP contribution >= 0.6 is 0 Å². The van der Waals surface area contributed by atoms with Crippen LogP contribution in [0.5, 0.6) is 0 Å². The summed E-state index contributed by atoms with van der Waals surface area (Å²) in [6.07, 6.45) is 1.60. The fourth-order valence-corrected chi connectivity index (χ4v) is 2.84. The first-order valence-corrected chi connectivity index (χ1v) is 8.72. The van der Waals surface area contributed by atoms with Crippen molar-refractivity contribution in [2.75, 3.05) is 5.32 Å². The zero-order valence-corrected chi connectivity index (χ0v) is 16.0. The van der Waals surface area contributed by atoms with Crippen LogP contribution in [0.15, 0.2) is 35.9 Å². The normalized spacial score (nSPS) is 11.3. The average Bonchev–Trinajstić information content (AvgIpc) is 2.87. The number of nitrogens with one attached hydrogen (secondary N) is 1. The third kappa shape index (κ3) is 4.85. The van der Waals surface area contributed by atoms with Crippen LogP contribution in [0.1, 0.15) is 41.2 Å². The van der Waals surface area contributed by atoms with Gasteiger partial charge in [0.05, 0.1) is 0 Å². The molecule has 2 amide bonds. The lowest BCUT2D eigenvalue weighted by Gasteiger charge is -2.12. The first-order valence-electron chi connectivity index (χ1n) is 8.72. The zero-order chi connectivity index (χ0) is 20.1. The minimum Gasteiger partial charge on any atom is -0.366 e. The van der Waals surface area contributed by atoms with E-state index in [-0.39, 0.29) is 5.57 Å². The van der Waals surface area contributed by atoms with Gasteiger partial charge in [0, 0.05) is 29.2 Å². The Balaban J connectivity index is 2.24. The number of nitriles is 1. The number of amides is 2. The minimum atomic E-state index is -0.540. The van der Waals surface area contributed by atoms with E-state index in [0.29, 0.717) is 17.2 Å². The van der Waals surface area contributed by atoms with Crippen LogP contribution in [0.25, 0.3) is 6.08 Å². The lowest BCUT2D eigenvalue weighted by Crippen LogP contribution is -2.14. The summed E-state index contributed by atoms with van der Waals surface area (Å²) in [5.41, 5.74) is 9.00. The third-order valence-electron chi connectivity index (χ3n) is 4.25. The van der Waals surface area contributed by atoms with Gasteiger partial charge in [-0.15, -0.1) is 0 Å². The van der Waals surface area contributed by atoms with Gasteiger partial charge in [-0.3, -0.25) is 9.59 Å². The predicted molar refractivity (Wildman–Crippen MR) is 106 cm³/mol. The lowest BCUT2D eigenvalue weighted by atomic mass is 10.1. The minimum absolute atomic E-state index is 0.0128. The Kier molecular flexibility index (Phi) is 6.19. The molecule has 6 nitrogen and oxygen atoms in total. The third-order valence-corrected chi connectivity index (χ3v) is 4.25. The zero-order valence-electron chi connectivity index (χ0n) is 16.0. The molecule has 27 heavy (non-hydrogen) atoms. The van der Waals surface area contributed by atoms with Crippen molar-refractivity contribution < 1.29 is 9.59 Å². The van der Waals surface area contributed by atoms with Crippen molar-refractivity contribution in [3.05, 3.63) is 58.4 Å². The Hall–Kier alpha value is -3.33. The number of hydrogen-bond donors (Lipinski definition) is 2. The summed E-state index contributed by atoms with van der Waals surface area (Å²) in [7, 11) is 0. The van der Waals surface area contributed by atoms with Crippen molar-refractivity contribution in [3.63, 3.8) is 0 Å². The molecule has 0 aliphatic rings. The van der Waals surface area contributed by atoms with E-state index in [1.807, 2.05) is 26.0 Å². The highest BCUT2D eigenvalue weighted by molar-refractivity contribution is 6.09. The molecule has 140 valence electrons. The number of aryl methyl sites for hydroxylation is 1. The molecule has 3 N–H and O–H groups in total. The summed E-state index contributed by atoms with van der Waals surface area (Å²) in [4.78, 5) is 23.5. The van der Waals surface area contributed by atoms with Gasteiger partial charge in [0.1, 0.15) is 11.6 Å². The Bertz CT molecular complexity index is 928. The van der Waals surface area contributed by atoms with Crippen LogP contribution in [0.3, 0.4) is 0 Å². The average molecular weight is 364 g/mol. The van der Waals surface area contributed by atoms with Crippen LogP contribution < -0.4 is 11.1 Å². The Morgan fingerprint density at radius 1 is 1.26 bits per heavy atom. The molecule has 0 unspecified atom stereocenters. The smallest absolute Gasteiger partial charge is 0.266 e. The van der Waals surface area contributed by atoms with Crippen molar-refractivity contribution >= 4 is 23.6 Å². The maximum absolute atomic E-state index is 12.4. The van der Waals surface area contributed by atoms with E-state index in [2.05, 4.69) is 23.7 Å². The van der Waals surface area contributed by atoms with Gasteiger partial charge in [-0.1, -0.05) is 13.8 Å². The van der Waals surface area contributed by atoms with Crippen molar-refractivity contribution in [3.8, 4) is 6.07 Å². The van der Waals surface area contributed by atoms with E-state index in [0.717, 1.165) is 23.5 Å². The number of rotatable bonds is 6. The van der Waals surface area contributed by atoms with E-state index in [4.69, 9.17) is 5.73 Å². The van der Waals surface area contributed by atoms with E-state index < -0.39 is 11.8 Å². The molecule has 0 spiro atoms. The largest absolute Gasteiger partial charge is 0.366 e. The number of nitrogens with zero attached hydrogens (tertiary/aromatic N) is 2. The van der Waals surface area contributed by atoms with Crippen molar-refractivity contribution in [2.24, 2.45) is 11.7 Å². The van der Waals surface area contributed by atoms with Gasteiger partial charge in [0.2, 0.25) is 5.91 Å². The molecule has 0 bridgehead atoms. The molecule has 2 aromatic rings. The van der Waals surface area contributed by atoms with Crippen LogP contribution in [-0.4, -0.2) is 16.4 Å². The van der Waals surface area contributed by atoms with Gasteiger partial charge >= 0.3 is 0 Å². The molecule has 1 heterocycles. The van der Waals surface area contributed by atoms with E-state index in [1.54, 1.807) is 18.2 Å². The molecule has 0 atom stereocenters. The van der Waals surface area contributed by atoms with E-state index >= 15 is 0 Å². The lowest BCUT2D eigenvalue weighted by molar-refractivity contribution is -0.112. The molecule has 1 aromatic heterocycles. The van der Waals surface area contributed by atoms with Gasteiger partial charge in [0.25, 0.3) is 5.91 Å². The number of nitrogens with two attached hydrogens (primary N) is 1. The highest BCUT2D eigenvalue weighted by Gasteiger charge is 2.14. The molecule has 0 saturated heterocycles. The SMILES string of the molecule is Cc1cc(/C=C(\C#N)C(=O)Nc2ccc(C(N)=O)cc2)c(C)n1CC(C)C. The second-order valence-corrected chi connectivity index (χ2v) is 6.90. The first kappa shape index (κ1) is 20.0. The van der Waals surface area contributed by atoms with Gasteiger partial charge < -0.3 is 15.6 Å². The molecular formula is C21H24N4O2. The molecule has 1 aromatic carbocycles. The fourth-order valence-electron chi connectivity index (χ4n) is 2.84.